The van der Waals surface area contributed by atoms with E-state index in [2.05, 4.69) is 4.98 Å². The smallest absolute Gasteiger partial charge is 0.254 e. The SMILES string of the molecule is COc1ccc(C(=O)N2CC[C@@H](n3c(-c4ccco4)nc4cccnc43)C2)cc1F. The quantitative estimate of drug-likeness (QED) is 0.514. The van der Waals surface area contributed by atoms with Crippen molar-refractivity contribution < 1.29 is 18.3 Å². The molecule has 1 amide bonds. The number of amides is 1. The first kappa shape index (κ1) is 18.4. The number of fused-ring (bicyclic) bond motifs is 1. The lowest BCUT2D eigenvalue weighted by atomic mass is 10.2. The van der Waals surface area contributed by atoms with E-state index in [4.69, 9.17) is 14.1 Å². The van der Waals surface area contributed by atoms with Gasteiger partial charge in [0.15, 0.2) is 28.8 Å². The minimum Gasteiger partial charge on any atom is -0.494 e. The number of benzene rings is 1. The van der Waals surface area contributed by atoms with E-state index >= 15 is 0 Å². The summed E-state index contributed by atoms with van der Waals surface area (Å²) in [7, 11) is 1.39. The maximum absolute atomic E-state index is 14.1. The van der Waals surface area contributed by atoms with Gasteiger partial charge >= 0.3 is 0 Å². The van der Waals surface area contributed by atoms with E-state index < -0.39 is 5.82 Å². The van der Waals surface area contributed by atoms with Crippen LogP contribution in [0.25, 0.3) is 22.7 Å². The van der Waals surface area contributed by atoms with E-state index in [1.54, 1.807) is 23.4 Å². The predicted octanol–water partition coefficient (Wildman–Crippen LogP) is 3.93. The summed E-state index contributed by atoms with van der Waals surface area (Å²) in [6, 6.07) is 11.7. The Hall–Kier alpha value is -3.68. The minimum absolute atomic E-state index is 0.0166. The van der Waals surface area contributed by atoms with Gasteiger partial charge in [-0.3, -0.25) is 4.79 Å². The highest BCUT2D eigenvalue weighted by Gasteiger charge is 2.32. The molecule has 1 aliphatic heterocycles. The molecule has 0 spiro atoms. The monoisotopic (exact) mass is 406 g/mol. The van der Waals surface area contributed by atoms with Crippen LogP contribution in [0.1, 0.15) is 22.8 Å². The van der Waals surface area contributed by atoms with Gasteiger partial charge in [0, 0.05) is 24.8 Å². The van der Waals surface area contributed by atoms with E-state index in [9.17, 15) is 9.18 Å². The molecule has 7 nitrogen and oxygen atoms in total. The van der Waals surface area contributed by atoms with Crippen LogP contribution in [-0.4, -0.2) is 45.5 Å². The van der Waals surface area contributed by atoms with Crippen molar-refractivity contribution in [1.29, 1.82) is 0 Å². The normalized spacial score (nSPS) is 16.3. The standard InChI is InChI=1S/C22H19FN4O3/c1-29-18-7-6-14(12-16(18)23)22(28)26-10-8-15(13-26)27-20-17(4-2-9-24-20)25-21(27)19-5-3-11-30-19/h2-7,9,11-12,15H,8,10,13H2,1H3/t15-/m1/s1. The molecule has 1 atom stereocenters. The van der Waals surface area contributed by atoms with Crippen molar-refractivity contribution in [2.24, 2.45) is 0 Å². The Labute approximate surface area is 171 Å². The van der Waals surface area contributed by atoms with Crippen molar-refractivity contribution in [3.8, 4) is 17.3 Å². The Bertz CT molecular complexity index is 1220. The molecule has 0 bridgehead atoms. The highest BCUT2D eigenvalue weighted by Crippen LogP contribution is 2.33. The molecule has 4 heterocycles. The molecule has 4 aromatic rings. The molecule has 1 aromatic carbocycles. The van der Waals surface area contributed by atoms with Crippen molar-refractivity contribution >= 4 is 17.1 Å². The summed E-state index contributed by atoms with van der Waals surface area (Å²) >= 11 is 0. The molecule has 8 heteroatoms. The van der Waals surface area contributed by atoms with E-state index in [-0.39, 0.29) is 17.7 Å². The number of carbonyl (C=O) groups excluding carboxylic acids is 1. The zero-order chi connectivity index (χ0) is 20.7. The van der Waals surface area contributed by atoms with E-state index in [1.807, 2.05) is 28.8 Å². The number of imidazole rings is 1. The highest BCUT2D eigenvalue weighted by molar-refractivity contribution is 5.94. The molecule has 30 heavy (non-hydrogen) atoms. The number of likely N-dealkylation sites (tertiary alicyclic amines) is 1. The number of hydrogen-bond acceptors (Lipinski definition) is 5. The second-order valence-corrected chi connectivity index (χ2v) is 7.17. The summed E-state index contributed by atoms with van der Waals surface area (Å²) < 4.78 is 26.6. The fourth-order valence-electron chi connectivity index (χ4n) is 3.97. The molecular formula is C22H19FN4O3. The Morgan fingerprint density at radius 1 is 1.27 bits per heavy atom. The van der Waals surface area contributed by atoms with Crippen molar-refractivity contribution in [3.05, 3.63) is 66.3 Å². The topological polar surface area (TPSA) is 73.4 Å². The van der Waals surface area contributed by atoms with Crippen LogP contribution in [-0.2, 0) is 0 Å². The summed E-state index contributed by atoms with van der Waals surface area (Å²) in [6.07, 6.45) is 4.07. The molecule has 0 aliphatic carbocycles. The maximum Gasteiger partial charge on any atom is 0.254 e. The Morgan fingerprint density at radius 3 is 2.93 bits per heavy atom. The first-order valence-corrected chi connectivity index (χ1v) is 9.65. The predicted molar refractivity (Wildman–Crippen MR) is 108 cm³/mol. The number of methoxy groups -OCH3 is 1. The van der Waals surface area contributed by atoms with Crippen molar-refractivity contribution in [2.75, 3.05) is 20.2 Å². The van der Waals surface area contributed by atoms with Gasteiger partial charge in [0.2, 0.25) is 0 Å². The van der Waals surface area contributed by atoms with Crippen LogP contribution in [0.15, 0.2) is 59.3 Å². The fourth-order valence-corrected chi connectivity index (χ4v) is 3.97. The molecule has 0 saturated carbocycles. The van der Waals surface area contributed by atoms with Gasteiger partial charge in [-0.1, -0.05) is 0 Å². The van der Waals surface area contributed by atoms with Crippen molar-refractivity contribution in [2.45, 2.75) is 12.5 Å². The average molecular weight is 406 g/mol. The van der Waals surface area contributed by atoms with Crippen molar-refractivity contribution in [3.63, 3.8) is 0 Å². The van der Waals surface area contributed by atoms with Gasteiger partial charge in [0.25, 0.3) is 5.91 Å². The fraction of sp³-hybridized carbons (Fsp3) is 0.227. The third-order valence-electron chi connectivity index (χ3n) is 5.40. The lowest BCUT2D eigenvalue weighted by molar-refractivity contribution is 0.0787. The van der Waals surface area contributed by atoms with Crippen LogP contribution < -0.4 is 4.74 Å². The third kappa shape index (κ3) is 3.01. The second kappa shape index (κ2) is 7.29. The number of furan rings is 1. The van der Waals surface area contributed by atoms with Gasteiger partial charge in [0.1, 0.15) is 5.52 Å². The first-order chi connectivity index (χ1) is 14.7. The second-order valence-electron chi connectivity index (χ2n) is 7.17. The van der Waals surface area contributed by atoms with Crippen LogP contribution >= 0.6 is 0 Å². The molecule has 0 radical (unpaired) electrons. The first-order valence-electron chi connectivity index (χ1n) is 9.65. The lowest BCUT2D eigenvalue weighted by Gasteiger charge is -2.18. The number of nitrogens with zero attached hydrogens (tertiary/aromatic N) is 4. The van der Waals surface area contributed by atoms with Crippen LogP contribution in [0.5, 0.6) is 5.75 Å². The van der Waals surface area contributed by atoms with Gasteiger partial charge in [0.05, 0.1) is 19.4 Å². The third-order valence-corrected chi connectivity index (χ3v) is 5.40. The molecule has 1 aliphatic rings. The van der Waals surface area contributed by atoms with Crippen LogP contribution in [0.2, 0.25) is 0 Å². The van der Waals surface area contributed by atoms with E-state index in [0.29, 0.717) is 30.2 Å². The Kier molecular flexibility index (Phi) is 4.46. The molecular weight excluding hydrogens is 387 g/mol. The number of hydrogen-bond donors (Lipinski definition) is 0. The van der Waals surface area contributed by atoms with Crippen LogP contribution in [0.3, 0.4) is 0 Å². The molecule has 0 unspecified atom stereocenters. The molecule has 1 saturated heterocycles. The number of ether oxygens (including phenoxy) is 1. The van der Waals surface area contributed by atoms with Crippen LogP contribution in [0.4, 0.5) is 4.39 Å². The molecule has 5 rings (SSSR count). The Balaban J connectivity index is 1.46. The zero-order valence-corrected chi connectivity index (χ0v) is 16.3. The van der Waals surface area contributed by atoms with Gasteiger partial charge in [-0.05, 0) is 48.9 Å². The maximum atomic E-state index is 14.1. The van der Waals surface area contributed by atoms with Gasteiger partial charge < -0.3 is 18.6 Å². The van der Waals surface area contributed by atoms with Crippen molar-refractivity contribution in [1.82, 2.24) is 19.4 Å². The number of halogens is 1. The number of pyridine rings is 1. The lowest BCUT2D eigenvalue weighted by Crippen LogP contribution is -2.29. The zero-order valence-electron chi connectivity index (χ0n) is 16.3. The summed E-state index contributed by atoms with van der Waals surface area (Å²) in [4.78, 5) is 23.9. The van der Waals surface area contributed by atoms with Gasteiger partial charge in [-0.2, -0.15) is 0 Å². The number of rotatable bonds is 4. The largest absolute Gasteiger partial charge is 0.494 e. The molecule has 0 N–H and O–H groups in total. The summed E-state index contributed by atoms with van der Waals surface area (Å²) in [6.45, 7) is 1.03. The number of carbonyl (C=O) groups is 1. The highest BCUT2D eigenvalue weighted by atomic mass is 19.1. The number of aromatic nitrogens is 3. The van der Waals surface area contributed by atoms with Crippen LogP contribution in [0, 0.1) is 5.82 Å². The summed E-state index contributed by atoms with van der Waals surface area (Å²) in [5.74, 6) is 0.684. The van der Waals surface area contributed by atoms with E-state index in [0.717, 1.165) is 17.6 Å². The summed E-state index contributed by atoms with van der Waals surface area (Å²) in [5.41, 5.74) is 1.82. The van der Waals surface area contributed by atoms with Gasteiger partial charge in [-0.15, -0.1) is 0 Å². The Morgan fingerprint density at radius 2 is 2.17 bits per heavy atom. The minimum atomic E-state index is -0.552. The molecule has 152 valence electrons. The summed E-state index contributed by atoms with van der Waals surface area (Å²) in [5, 5.41) is 0. The van der Waals surface area contributed by atoms with Gasteiger partial charge in [-0.25, -0.2) is 14.4 Å². The van der Waals surface area contributed by atoms with E-state index in [1.165, 1.54) is 19.2 Å². The molecule has 3 aromatic heterocycles. The molecule has 1 fully saturated rings. The average Bonchev–Trinajstić information content (AvgIpc) is 3.51.